The van der Waals surface area contributed by atoms with Crippen LogP contribution in [0.25, 0.3) is 0 Å². The van der Waals surface area contributed by atoms with Crippen LogP contribution in [0.15, 0.2) is 0 Å². The fourth-order valence-electron chi connectivity index (χ4n) is 19.5. The van der Waals surface area contributed by atoms with Gasteiger partial charge in [-0.15, -0.1) is 0 Å². The fourth-order valence-corrected chi connectivity index (χ4v) is 19.5. The highest BCUT2D eigenvalue weighted by molar-refractivity contribution is 5.05. The molecule has 2 nitrogen and oxygen atoms in total. The maximum absolute atomic E-state index is 7.96. The topological polar surface area (TPSA) is 18.5 Å². The summed E-state index contributed by atoms with van der Waals surface area (Å²) in [7, 11) is 0. The number of hydrogen-bond donors (Lipinski definition) is 0. The minimum Gasteiger partial charge on any atom is -0.375 e. The van der Waals surface area contributed by atoms with Crippen molar-refractivity contribution in [2.24, 2.45) is 66.0 Å². The predicted octanol–water partition coefficient (Wildman–Crippen LogP) is 21.5. The van der Waals surface area contributed by atoms with Crippen molar-refractivity contribution in [3.63, 3.8) is 0 Å². The van der Waals surface area contributed by atoms with Crippen molar-refractivity contribution in [3.8, 4) is 0 Å². The third-order valence-electron chi connectivity index (χ3n) is 26.4. The average Bonchev–Trinajstić information content (AvgIpc) is 3.82. The lowest BCUT2D eigenvalue weighted by Gasteiger charge is -2.54. The van der Waals surface area contributed by atoms with Crippen LogP contribution in [0.1, 0.15) is 340 Å². The molecular formula is C68H122O2. The molecule has 0 aromatic heterocycles. The van der Waals surface area contributed by atoms with Crippen LogP contribution in [0.2, 0.25) is 0 Å². The second kappa shape index (κ2) is 22.1. The van der Waals surface area contributed by atoms with Gasteiger partial charge in [-0.05, 0) is 233 Å². The van der Waals surface area contributed by atoms with E-state index in [1.165, 1.54) is 257 Å². The molecule has 0 N–H and O–H groups in total. The summed E-state index contributed by atoms with van der Waals surface area (Å²) in [5.74, 6) is 1.60. The number of rotatable bonds is 9. The molecule has 8 aliphatic rings. The lowest BCUT2D eigenvalue weighted by Crippen LogP contribution is -2.46. The second-order valence-corrected chi connectivity index (χ2v) is 32.5. The third-order valence-corrected chi connectivity index (χ3v) is 26.4. The van der Waals surface area contributed by atoms with Gasteiger partial charge < -0.3 is 9.47 Å². The van der Waals surface area contributed by atoms with E-state index >= 15 is 0 Å². The van der Waals surface area contributed by atoms with Crippen LogP contribution in [0.4, 0.5) is 0 Å². The first-order valence-corrected chi connectivity index (χ1v) is 32.2. The molecule has 0 bridgehead atoms. The molecule has 10 unspecified atom stereocenters. The van der Waals surface area contributed by atoms with E-state index in [1.807, 2.05) is 0 Å². The van der Waals surface area contributed by atoms with E-state index in [0.29, 0.717) is 78.6 Å². The Morgan fingerprint density at radius 1 is 0.214 bits per heavy atom. The van der Waals surface area contributed by atoms with E-state index in [0.717, 1.165) is 11.8 Å². The Labute approximate surface area is 437 Å². The van der Waals surface area contributed by atoms with Crippen molar-refractivity contribution < 1.29 is 9.47 Å². The highest BCUT2D eigenvalue weighted by Gasteiger charge is 2.55. The van der Waals surface area contributed by atoms with Gasteiger partial charge in [0.2, 0.25) is 0 Å². The lowest BCUT2D eigenvalue weighted by molar-refractivity contribution is -0.110. The molecule has 406 valence electrons. The SMILES string of the molecule is CC1(C)CCC(OC2CCC(C3CCC(OC4CCC(C)(C)CCC(C)(C5(C)CCCCC5)C4)CC(C)(C4(C)CCCCC4)C3)CC(C)(C3(C)CCCCCC3)C2)CC(C)(C2(C)CCCCCC2)CC1. The van der Waals surface area contributed by atoms with Crippen molar-refractivity contribution in [1.29, 1.82) is 0 Å². The monoisotopic (exact) mass is 971 g/mol. The predicted molar refractivity (Wildman–Crippen MR) is 301 cm³/mol. The Bertz CT molecular complexity index is 1630. The minimum atomic E-state index is 0.319. The van der Waals surface area contributed by atoms with Gasteiger partial charge in [0.05, 0.1) is 24.4 Å². The average molecular weight is 972 g/mol. The fraction of sp³-hybridized carbons (Fsp3) is 1.00. The Morgan fingerprint density at radius 2 is 0.471 bits per heavy atom. The molecule has 8 saturated carbocycles. The van der Waals surface area contributed by atoms with Crippen molar-refractivity contribution in [2.75, 3.05) is 0 Å². The van der Waals surface area contributed by atoms with Gasteiger partial charge in [-0.3, -0.25) is 0 Å². The molecule has 8 aliphatic carbocycles. The quantitative estimate of drug-likeness (QED) is 0.214. The summed E-state index contributed by atoms with van der Waals surface area (Å²) in [6.07, 6.45) is 57.5. The Kier molecular flexibility index (Phi) is 17.7. The van der Waals surface area contributed by atoms with Crippen molar-refractivity contribution in [3.05, 3.63) is 0 Å². The molecule has 0 saturated heterocycles. The molecule has 0 amide bonds. The third kappa shape index (κ3) is 12.5. The van der Waals surface area contributed by atoms with Gasteiger partial charge in [0.15, 0.2) is 0 Å². The number of hydrogen-bond acceptors (Lipinski definition) is 2. The van der Waals surface area contributed by atoms with Crippen molar-refractivity contribution >= 4 is 0 Å². The number of ether oxygens (including phenoxy) is 2. The molecule has 0 aromatic rings. The van der Waals surface area contributed by atoms with Crippen LogP contribution in [0.3, 0.4) is 0 Å². The molecular weight excluding hydrogens is 849 g/mol. The normalized spacial score (nSPS) is 43.0. The first-order valence-electron chi connectivity index (χ1n) is 32.2. The van der Waals surface area contributed by atoms with Crippen molar-refractivity contribution in [2.45, 2.75) is 364 Å². The minimum absolute atomic E-state index is 0.319. The van der Waals surface area contributed by atoms with E-state index in [2.05, 4.69) is 83.1 Å². The van der Waals surface area contributed by atoms with Gasteiger partial charge in [0, 0.05) is 0 Å². The van der Waals surface area contributed by atoms with Gasteiger partial charge in [0.1, 0.15) is 0 Å². The Morgan fingerprint density at radius 3 is 0.786 bits per heavy atom. The van der Waals surface area contributed by atoms with Crippen LogP contribution in [-0.2, 0) is 9.47 Å². The standard InChI is InChI=1S/C68H122O2/c1-59(2)41-31-57(49-65(9,45-43-59)61(5)33-19-13-14-20-34-61)69-55-29-27-53(47-67(11,51-55)63(7)37-21-15-16-22-38-63)54-28-30-56(52-68(12,48-54)64(8)39-25-18-26-40-64)70-58-32-42-60(3,4)44-46-66(10,50-58)62(6)35-23-17-24-36-62/h53-58H,13-52H2,1-12H3. The van der Waals surface area contributed by atoms with Gasteiger partial charge in [-0.2, -0.15) is 0 Å². The molecule has 70 heavy (non-hydrogen) atoms. The van der Waals surface area contributed by atoms with Crippen LogP contribution in [0, 0.1) is 66.0 Å². The smallest absolute Gasteiger partial charge is 0.0584 e. The van der Waals surface area contributed by atoms with E-state index in [9.17, 15) is 0 Å². The summed E-state index contributed by atoms with van der Waals surface area (Å²) in [6, 6.07) is 0. The molecule has 8 rings (SSSR count). The van der Waals surface area contributed by atoms with Gasteiger partial charge in [-0.25, -0.2) is 0 Å². The maximum atomic E-state index is 7.96. The summed E-state index contributed by atoms with van der Waals surface area (Å²) in [6.45, 7) is 32.6. The van der Waals surface area contributed by atoms with Crippen molar-refractivity contribution in [1.82, 2.24) is 0 Å². The summed E-state index contributed by atoms with van der Waals surface area (Å²) < 4.78 is 15.9. The van der Waals surface area contributed by atoms with Crippen LogP contribution in [0.5, 0.6) is 0 Å². The maximum Gasteiger partial charge on any atom is 0.0584 e. The first-order chi connectivity index (χ1) is 32.9. The van der Waals surface area contributed by atoms with E-state index in [1.54, 1.807) is 0 Å². The molecule has 0 aromatic carbocycles. The Hall–Kier alpha value is -0.0800. The summed E-state index contributed by atoms with van der Waals surface area (Å²) in [4.78, 5) is 0. The molecule has 0 heterocycles. The molecule has 0 radical (unpaired) electrons. The molecule has 0 aliphatic heterocycles. The first kappa shape index (κ1) is 56.1. The van der Waals surface area contributed by atoms with Crippen LogP contribution < -0.4 is 0 Å². The van der Waals surface area contributed by atoms with Gasteiger partial charge in [-0.1, -0.05) is 173 Å². The van der Waals surface area contributed by atoms with Crippen LogP contribution >= 0.6 is 0 Å². The zero-order chi connectivity index (χ0) is 50.2. The van der Waals surface area contributed by atoms with Crippen LogP contribution in [-0.4, -0.2) is 24.4 Å². The van der Waals surface area contributed by atoms with E-state index < -0.39 is 0 Å². The Balaban J connectivity index is 1.08. The molecule has 0 spiro atoms. The second-order valence-electron chi connectivity index (χ2n) is 32.5. The summed E-state index contributed by atoms with van der Waals surface area (Å²) in [5.41, 5.74) is 3.92. The summed E-state index contributed by atoms with van der Waals surface area (Å²) >= 11 is 0. The van der Waals surface area contributed by atoms with E-state index in [4.69, 9.17) is 9.47 Å². The lowest BCUT2D eigenvalue weighted by atomic mass is 9.53. The molecule has 2 heteroatoms. The summed E-state index contributed by atoms with van der Waals surface area (Å²) in [5, 5.41) is 0. The zero-order valence-corrected chi connectivity index (χ0v) is 49.6. The zero-order valence-electron chi connectivity index (χ0n) is 49.6. The highest BCUT2D eigenvalue weighted by atomic mass is 16.5. The molecule has 8 fully saturated rings. The highest BCUT2D eigenvalue weighted by Crippen LogP contribution is 2.64. The largest absolute Gasteiger partial charge is 0.375 e. The van der Waals surface area contributed by atoms with E-state index in [-0.39, 0.29) is 0 Å². The van der Waals surface area contributed by atoms with Gasteiger partial charge >= 0.3 is 0 Å². The van der Waals surface area contributed by atoms with Gasteiger partial charge in [0.25, 0.3) is 0 Å². The molecule has 10 atom stereocenters.